The number of aryl methyl sites for hydroxylation is 1. The molecule has 5 nitrogen and oxygen atoms in total. The van der Waals surface area contributed by atoms with E-state index in [4.69, 9.17) is 4.74 Å². The van der Waals surface area contributed by atoms with Crippen LogP contribution >= 0.6 is 0 Å². The van der Waals surface area contributed by atoms with E-state index < -0.39 is 0 Å². The number of nitrogens with zero attached hydrogens (tertiary/aromatic N) is 3. The van der Waals surface area contributed by atoms with E-state index in [1.807, 2.05) is 13.0 Å². The first kappa shape index (κ1) is 11.8. The Morgan fingerprint density at radius 3 is 2.94 bits per heavy atom. The fourth-order valence-corrected chi connectivity index (χ4v) is 2.23. The molecule has 5 heteroatoms. The van der Waals surface area contributed by atoms with Crippen molar-refractivity contribution >= 4 is 11.8 Å². The number of aromatic nitrogens is 2. The van der Waals surface area contributed by atoms with Gasteiger partial charge >= 0.3 is 5.97 Å². The number of esters is 1. The largest absolute Gasteiger partial charge is 0.469 e. The Hall–Kier alpha value is -1.65. The van der Waals surface area contributed by atoms with Crippen molar-refractivity contribution in [2.45, 2.75) is 13.8 Å². The molecule has 0 radical (unpaired) electrons. The fourth-order valence-electron chi connectivity index (χ4n) is 2.23. The van der Waals surface area contributed by atoms with Crippen LogP contribution in [0.4, 0.5) is 5.82 Å². The van der Waals surface area contributed by atoms with Gasteiger partial charge in [0.15, 0.2) is 0 Å². The molecule has 2 unspecified atom stereocenters. The normalized spacial score (nSPS) is 23.8. The molecule has 1 aromatic rings. The lowest BCUT2D eigenvalue weighted by atomic mass is 9.99. The predicted octanol–water partition coefficient (Wildman–Crippen LogP) is 1.03. The molecule has 0 bridgehead atoms. The van der Waals surface area contributed by atoms with Crippen molar-refractivity contribution in [1.82, 2.24) is 9.97 Å². The first-order valence-corrected chi connectivity index (χ1v) is 5.74. The smallest absolute Gasteiger partial charge is 0.310 e. The van der Waals surface area contributed by atoms with Crippen LogP contribution in [0, 0.1) is 18.8 Å². The number of anilines is 1. The Balaban J connectivity index is 2.13. The lowest BCUT2D eigenvalue weighted by Crippen LogP contribution is -2.25. The van der Waals surface area contributed by atoms with Crippen molar-refractivity contribution in [3.63, 3.8) is 0 Å². The molecule has 92 valence electrons. The maximum absolute atomic E-state index is 11.6. The van der Waals surface area contributed by atoms with Crippen LogP contribution < -0.4 is 4.90 Å². The predicted molar refractivity (Wildman–Crippen MR) is 63.7 cm³/mol. The molecule has 1 aromatic heterocycles. The first-order valence-electron chi connectivity index (χ1n) is 5.74. The molecule has 1 aliphatic rings. The van der Waals surface area contributed by atoms with Crippen molar-refractivity contribution in [3.05, 3.63) is 18.1 Å². The second kappa shape index (κ2) is 4.69. The number of rotatable bonds is 2. The van der Waals surface area contributed by atoms with Crippen molar-refractivity contribution in [1.29, 1.82) is 0 Å². The van der Waals surface area contributed by atoms with E-state index in [-0.39, 0.29) is 17.8 Å². The highest BCUT2D eigenvalue weighted by Gasteiger charge is 2.36. The number of hydrogen-bond donors (Lipinski definition) is 0. The van der Waals surface area contributed by atoms with Crippen molar-refractivity contribution in [3.8, 4) is 0 Å². The third-order valence-corrected chi connectivity index (χ3v) is 3.20. The maximum atomic E-state index is 11.6. The van der Waals surface area contributed by atoms with Crippen LogP contribution in [0.3, 0.4) is 0 Å². The molecule has 1 fully saturated rings. The minimum atomic E-state index is -0.134. The molecule has 1 saturated heterocycles. The van der Waals surface area contributed by atoms with E-state index in [0.717, 1.165) is 18.2 Å². The quantitative estimate of drug-likeness (QED) is 0.717. The molecule has 0 spiro atoms. The van der Waals surface area contributed by atoms with Crippen LogP contribution in [0.2, 0.25) is 0 Å². The number of carbonyl (C=O) groups excluding carboxylic acids is 1. The van der Waals surface area contributed by atoms with Gasteiger partial charge in [-0.25, -0.2) is 9.97 Å². The Kier molecular flexibility index (Phi) is 3.26. The van der Waals surface area contributed by atoms with E-state index in [2.05, 4.69) is 21.8 Å². The lowest BCUT2D eigenvalue weighted by Gasteiger charge is -2.16. The van der Waals surface area contributed by atoms with Gasteiger partial charge in [0.05, 0.1) is 13.0 Å². The highest BCUT2D eigenvalue weighted by molar-refractivity contribution is 5.74. The molecule has 2 heterocycles. The Morgan fingerprint density at radius 2 is 2.29 bits per heavy atom. The zero-order valence-electron chi connectivity index (χ0n) is 10.4. The standard InChI is InChI=1S/C12H17N3O2/c1-8-6-15(7-10(8)12(16)17-3)11-4-5-13-9(2)14-11/h4-5,8,10H,6-7H2,1-3H3. The number of hydrogen-bond acceptors (Lipinski definition) is 5. The Morgan fingerprint density at radius 1 is 1.53 bits per heavy atom. The summed E-state index contributed by atoms with van der Waals surface area (Å²) in [6.07, 6.45) is 1.74. The summed E-state index contributed by atoms with van der Waals surface area (Å²) in [6, 6.07) is 1.87. The zero-order valence-corrected chi connectivity index (χ0v) is 10.4. The molecule has 2 rings (SSSR count). The molecule has 1 aliphatic heterocycles. The number of carbonyl (C=O) groups is 1. The average Bonchev–Trinajstić information content (AvgIpc) is 2.70. The highest BCUT2D eigenvalue weighted by atomic mass is 16.5. The van der Waals surface area contributed by atoms with Crippen LogP contribution in [0.5, 0.6) is 0 Å². The number of ether oxygens (including phenoxy) is 1. The van der Waals surface area contributed by atoms with Gasteiger partial charge in [-0.15, -0.1) is 0 Å². The van der Waals surface area contributed by atoms with Gasteiger partial charge in [-0.2, -0.15) is 0 Å². The molecule has 0 aromatic carbocycles. The Labute approximate surface area is 101 Å². The van der Waals surface area contributed by atoms with E-state index in [0.29, 0.717) is 6.54 Å². The second-order valence-corrected chi connectivity index (χ2v) is 4.47. The van der Waals surface area contributed by atoms with E-state index in [9.17, 15) is 4.79 Å². The van der Waals surface area contributed by atoms with Gasteiger partial charge in [0.25, 0.3) is 0 Å². The molecule has 0 N–H and O–H groups in total. The van der Waals surface area contributed by atoms with Crippen molar-refractivity contribution < 1.29 is 9.53 Å². The van der Waals surface area contributed by atoms with Gasteiger partial charge in [0.2, 0.25) is 0 Å². The molecule has 0 amide bonds. The Bertz CT molecular complexity index is 422. The van der Waals surface area contributed by atoms with Gasteiger partial charge in [0.1, 0.15) is 11.6 Å². The molecule has 17 heavy (non-hydrogen) atoms. The third-order valence-electron chi connectivity index (χ3n) is 3.20. The summed E-state index contributed by atoms with van der Waals surface area (Å²) in [5.41, 5.74) is 0. The van der Waals surface area contributed by atoms with Crippen LogP contribution in [0.15, 0.2) is 12.3 Å². The molecular formula is C12H17N3O2. The summed E-state index contributed by atoms with van der Waals surface area (Å²) >= 11 is 0. The summed E-state index contributed by atoms with van der Waals surface area (Å²) in [5.74, 6) is 1.73. The fraction of sp³-hybridized carbons (Fsp3) is 0.583. The van der Waals surface area contributed by atoms with Crippen LogP contribution in [0.1, 0.15) is 12.7 Å². The number of methoxy groups -OCH3 is 1. The monoisotopic (exact) mass is 235 g/mol. The van der Waals surface area contributed by atoms with Gasteiger partial charge in [-0.05, 0) is 18.9 Å². The van der Waals surface area contributed by atoms with Crippen LogP contribution in [0.25, 0.3) is 0 Å². The highest BCUT2D eigenvalue weighted by Crippen LogP contribution is 2.27. The van der Waals surface area contributed by atoms with Gasteiger partial charge in [-0.1, -0.05) is 6.92 Å². The topological polar surface area (TPSA) is 55.3 Å². The third kappa shape index (κ3) is 2.38. The van der Waals surface area contributed by atoms with Crippen molar-refractivity contribution in [2.24, 2.45) is 11.8 Å². The lowest BCUT2D eigenvalue weighted by molar-refractivity contribution is -0.145. The molecule has 0 aliphatic carbocycles. The maximum Gasteiger partial charge on any atom is 0.310 e. The molecule has 2 atom stereocenters. The summed E-state index contributed by atoms with van der Waals surface area (Å²) in [6.45, 7) is 5.43. The summed E-state index contributed by atoms with van der Waals surface area (Å²) in [4.78, 5) is 22.1. The molecular weight excluding hydrogens is 218 g/mol. The van der Waals surface area contributed by atoms with Gasteiger partial charge in [-0.3, -0.25) is 4.79 Å². The van der Waals surface area contributed by atoms with Gasteiger partial charge < -0.3 is 9.64 Å². The van der Waals surface area contributed by atoms with E-state index in [1.54, 1.807) is 6.20 Å². The summed E-state index contributed by atoms with van der Waals surface area (Å²) in [5, 5.41) is 0. The minimum Gasteiger partial charge on any atom is -0.469 e. The van der Waals surface area contributed by atoms with Crippen LogP contribution in [-0.2, 0) is 9.53 Å². The zero-order chi connectivity index (χ0) is 12.4. The first-order chi connectivity index (χ1) is 8.11. The summed E-state index contributed by atoms with van der Waals surface area (Å²) < 4.78 is 4.81. The average molecular weight is 235 g/mol. The SMILES string of the molecule is COC(=O)C1CN(c2ccnc(C)n2)CC1C. The van der Waals surface area contributed by atoms with Crippen LogP contribution in [-0.4, -0.2) is 36.1 Å². The summed E-state index contributed by atoms with van der Waals surface area (Å²) in [7, 11) is 1.44. The van der Waals surface area contributed by atoms with Gasteiger partial charge in [0, 0.05) is 19.3 Å². The van der Waals surface area contributed by atoms with E-state index in [1.165, 1.54) is 7.11 Å². The van der Waals surface area contributed by atoms with E-state index >= 15 is 0 Å². The van der Waals surface area contributed by atoms with Crippen molar-refractivity contribution in [2.75, 3.05) is 25.1 Å². The second-order valence-electron chi connectivity index (χ2n) is 4.47. The minimum absolute atomic E-state index is 0.0599. The molecule has 0 saturated carbocycles.